The number of thioether (sulfide) groups is 1. The van der Waals surface area contributed by atoms with Crippen molar-refractivity contribution in [2.75, 3.05) is 25.1 Å². The number of carbonyl (C=O) groups is 5. The molecule has 1 fully saturated rings. The Hall–Kier alpha value is -2.76. The van der Waals surface area contributed by atoms with Crippen LogP contribution in [0.1, 0.15) is 19.3 Å². The number of carboxylic acids is 1. The second kappa shape index (κ2) is 11.9. The number of aliphatic carboxylic acids is 1. The molecule has 29 heavy (non-hydrogen) atoms. The van der Waals surface area contributed by atoms with Gasteiger partial charge in [0.2, 0.25) is 17.7 Å². The SMILES string of the molecule is C=CCNC(=O)N[C@H]1C[C@@H](C(=O)N[C@@H](CCC(=O)O)C(N)=O)N(C(=O)CSC)C1. The van der Waals surface area contributed by atoms with Crippen molar-refractivity contribution >= 4 is 41.5 Å². The number of carbonyl (C=O) groups excluding carboxylic acids is 4. The van der Waals surface area contributed by atoms with Crippen molar-refractivity contribution in [3.05, 3.63) is 12.7 Å². The van der Waals surface area contributed by atoms with Crippen LogP contribution in [-0.4, -0.2) is 83.0 Å². The van der Waals surface area contributed by atoms with Crippen molar-refractivity contribution in [3.8, 4) is 0 Å². The Labute approximate surface area is 172 Å². The van der Waals surface area contributed by atoms with Crippen LogP contribution in [-0.2, 0) is 19.2 Å². The molecule has 3 atom stereocenters. The molecule has 12 heteroatoms. The molecule has 0 aromatic rings. The molecule has 162 valence electrons. The van der Waals surface area contributed by atoms with E-state index in [2.05, 4.69) is 22.5 Å². The zero-order valence-corrected chi connectivity index (χ0v) is 17.0. The molecule has 1 aliphatic heterocycles. The van der Waals surface area contributed by atoms with Gasteiger partial charge in [0, 0.05) is 19.5 Å². The zero-order valence-electron chi connectivity index (χ0n) is 16.2. The fourth-order valence-electron chi connectivity index (χ4n) is 2.89. The fourth-order valence-corrected chi connectivity index (χ4v) is 3.31. The van der Waals surface area contributed by atoms with Crippen molar-refractivity contribution < 1.29 is 29.1 Å². The molecule has 1 saturated heterocycles. The highest BCUT2D eigenvalue weighted by Gasteiger charge is 2.40. The smallest absolute Gasteiger partial charge is 0.315 e. The highest BCUT2D eigenvalue weighted by atomic mass is 32.2. The summed E-state index contributed by atoms with van der Waals surface area (Å²) in [7, 11) is 0. The Bertz CT molecular complexity index is 658. The van der Waals surface area contributed by atoms with Gasteiger partial charge in [-0.2, -0.15) is 11.8 Å². The number of nitrogens with one attached hydrogen (secondary N) is 3. The summed E-state index contributed by atoms with van der Waals surface area (Å²) in [6.07, 6.45) is 2.91. The quantitative estimate of drug-likeness (QED) is 0.252. The number of urea groups is 1. The van der Waals surface area contributed by atoms with Crippen LogP contribution in [0.4, 0.5) is 4.79 Å². The number of carboxylic acid groups (broad SMARTS) is 1. The number of likely N-dealkylation sites (tertiary alicyclic amines) is 1. The summed E-state index contributed by atoms with van der Waals surface area (Å²) >= 11 is 1.29. The zero-order chi connectivity index (χ0) is 22.0. The molecule has 1 heterocycles. The van der Waals surface area contributed by atoms with Crippen LogP contribution in [0.5, 0.6) is 0 Å². The Morgan fingerprint density at radius 2 is 2.03 bits per heavy atom. The molecule has 0 bridgehead atoms. The van der Waals surface area contributed by atoms with Gasteiger partial charge in [-0.05, 0) is 19.1 Å². The number of nitrogens with two attached hydrogens (primary N) is 1. The van der Waals surface area contributed by atoms with E-state index in [1.54, 1.807) is 6.26 Å². The summed E-state index contributed by atoms with van der Waals surface area (Å²) in [6, 6.07) is -3.00. The summed E-state index contributed by atoms with van der Waals surface area (Å²) in [4.78, 5) is 60.6. The second-order valence-electron chi connectivity index (χ2n) is 6.47. The maximum Gasteiger partial charge on any atom is 0.315 e. The minimum absolute atomic E-state index is 0.134. The van der Waals surface area contributed by atoms with Gasteiger partial charge in [-0.3, -0.25) is 19.2 Å². The molecule has 0 aromatic heterocycles. The van der Waals surface area contributed by atoms with Crippen LogP contribution in [0, 0.1) is 0 Å². The van der Waals surface area contributed by atoms with E-state index in [4.69, 9.17) is 10.8 Å². The molecule has 5 amide bonds. The van der Waals surface area contributed by atoms with Crippen molar-refractivity contribution in [3.63, 3.8) is 0 Å². The molecule has 0 aliphatic carbocycles. The predicted molar refractivity (Wildman–Crippen MR) is 107 cm³/mol. The first kappa shape index (κ1) is 24.3. The van der Waals surface area contributed by atoms with Crippen LogP contribution >= 0.6 is 11.8 Å². The van der Waals surface area contributed by atoms with Crippen LogP contribution in [0.25, 0.3) is 0 Å². The average molecular weight is 429 g/mol. The van der Waals surface area contributed by atoms with Crippen molar-refractivity contribution in [1.82, 2.24) is 20.9 Å². The van der Waals surface area contributed by atoms with Gasteiger partial charge in [-0.1, -0.05) is 6.08 Å². The summed E-state index contributed by atoms with van der Waals surface area (Å²) in [5, 5.41) is 16.4. The highest BCUT2D eigenvalue weighted by Crippen LogP contribution is 2.20. The highest BCUT2D eigenvalue weighted by molar-refractivity contribution is 7.99. The first-order valence-corrected chi connectivity index (χ1v) is 10.3. The molecule has 0 radical (unpaired) electrons. The number of hydrogen-bond acceptors (Lipinski definition) is 6. The molecule has 6 N–H and O–H groups in total. The largest absolute Gasteiger partial charge is 0.481 e. The minimum Gasteiger partial charge on any atom is -0.481 e. The molecule has 0 unspecified atom stereocenters. The minimum atomic E-state index is -1.17. The normalized spacial score (nSPS) is 19.1. The van der Waals surface area contributed by atoms with Crippen molar-refractivity contribution in [2.24, 2.45) is 5.73 Å². The summed E-state index contributed by atoms with van der Waals surface area (Å²) in [6.45, 7) is 3.90. The standard InChI is InChI=1S/C17H27N5O6S/c1-3-6-19-17(28)20-10-7-12(22(8-10)13(23)9-29-2)16(27)21-11(15(18)26)4-5-14(24)25/h3,10-12H,1,4-9H2,2H3,(H2,18,26)(H,21,27)(H,24,25)(H2,19,20,28)/t10-,11-,12-/m0/s1. The lowest BCUT2D eigenvalue weighted by Gasteiger charge is -2.25. The van der Waals surface area contributed by atoms with Gasteiger partial charge in [0.25, 0.3) is 0 Å². The number of hydrogen-bond donors (Lipinski definition) is 5. The molecule has 0 spiro atoms. The molecule has 1 aliphatic rings. The average Bonchev–Trinajstić information content (AvgIpc) is 3.07. The lowest BCUT2D eigenvalue weighted by atomic mass is 10.1. The predicted octanol–water partition coefficient (Wildman–Crippen LogP) is -1.36. The Morgan fingerprint density at radius 3 is 2.59 bits per heavy atom. The third-order valence-corrected chi connectivity index (χ3v) is 4.78. The molecule has 1 rings (SSSR count). The maximum absolute atomic E-state index is 12.7. The topological polar surface area (TPSA) is 171 Å². The first-order chi connectivity index (χ1) is 13.7. The number of rotatable bonds is 11. The number of amides is 5. The van der Waals surface area contributed by atoms with Gasteiger partial charge in [-0.25, -0.2) is 4.79 Å². The van der Waals surface area contributed by atoms with E-state index in [1.807, 2.05) is 0 Å². The lowest BCUT2D eigenvalue weighted by Crippen LogP contribution is -2.52. The van der Waals surface area contributed by atoms with E-state index >= 15 is 0 Å². The van der Waals surface area contributed by atoms with Gasteiger partial charge in [-0.15, -0.1) is 6.58 Å². The molecular weight excluding hydrogens is 402 g/mol. The van der Waals surface area contributed by atoms with Gasteiger partial charge < -0.3 is 31.7 Å². The van der Waals surface area contributed by atoms with Gasteiger partial charge in [0.05, 0.1) is 11.8 Å². The first-order valence-electron chi connectivity index (χ1n) is 8.94. The Morgan fingerprint density at radius 1 is 1.34 bits per heavy atom. The van der Waals surface area contributed by atoms with Crippen LogP contribution < -0.4 is 21.7 Å². The number of nitrogens with zero attached hydrogens (tertiary/aromatic N) is 1. The molecule has 0 aromatic carbocycles. The van der Waals surface area contributed by atoms with E-state index < -0.39 is 41.9 Å². The fraction of sp³-hybridized carbons (Fsp3) is 0.588. The van der Waals surface area contributed by atoms with E-state index in [0.717, 1.165) is 0 Å². The third-order valence-electron chi connectivity index (χ3n) is 4.24. The summed E-state index contributed by atoms with van der Waals surface area (Å²) in [5.74, 6) is -2.74. The Kier molecular flexibility index (Phi) is 10.00. The molecular formula is C17H27N5O6S. The maximum atomic E-state index is 12.7. The van der Waals surface area contributed by atoms with Gasteiger partial charge in [0.1, 0.15) is 12.1 Å². The van der Waals surface area contributed by atoms with Crippen molar-refractivity contribution in [2.45, 2.75) is 37.4 Å². The third kappa shape index (κ3) is 8.02. The second-order valence-corrected chi connectivity index (χ2v) is 7.33. The van der Waals surface area contributed by atoms with E-state index in [1.165, 1.54) is 22.7 Å². The monoisotopic (exact) mass is 429 g/mol. The van der Waals surface area contributed by atoms with Gasteiger partial charge >= 0.3 is 12.0 Å². The molecule has 0 saturated carbocycles. The lowest BCUT2D eigenvalue weighted by molar-refractivity contribution is -0.138. The van der Waals surface area contributed by atoms with Gasteiger partial charge in [0.15, 0.2) is 0 Å². The van der Waals surface area contributed by atoms with E-state index in [-0.39, 0.29) is 44.0 Å². The van der Waals surface area contributed by atoms with Crippen LogP contribution in [0.2, 0.25) is 0 Å². The Balaban J connectivity index is 2.85. The van der Waals surface area contributed by atoms with E-state index in [0.29, 0.717) is 0 Å². The van der Waals surface area contributed by atoms with E-state index in [9.17, 15) is 24.0 Å². The summed E-state index contributed by atoms with van der Waals surface area (Å²) in [5.41, 5.74) is 5.25. The molecule has 11 nitrogen and oxygen atoms in total. The number of primary amides is 1. The van der Waals surface area contributed by atoms with Crippen molar-refractivity contribution in [1.29, 1.82) is 0 Å². The van der Waals surface area contributed by atoms with Crippen LogP contribution in [0.15, 0.2) is 12.7 Å². The summed E-state index contributed by atoms with van der Waals surface area (Å²) < 4.78 is 0. The van der Waals surface area contributed by atoms with Crippen LogP contribution in [0.3, 0.4) is 0 Å².